The van der Waals surface area contributed by atoms with E-state index in [0.29, 0.717) is 23.1 Å². The van der Waals surface area contributed by atoms with E-state index in [1.807, 2.05) is 12.1 Å². The Hall–Kier alpha value is -1.71. The summed E-state index contributed by atoms with van der Waals surface area (Å²) in [6, 6.07) is 5.54. The molecule has 0 radical (unpaired) electrons. The van der Waals surface area contributed by atoms with Crippen molar-refractivity contribution in [2.24, 2.45) is 17.6 Å². The fourth-order valence-corrected chi connectivity index (χ4v) is 2.83. The van der Waals surface area contributed by atoms with Crippen LogP contribution in [0.25, 0.3) is 0 Å². The summed E-state index contributed by atoms with van der Waals surface area (Å²) in [5.41, 5.74) is 13.0. The maximum Gasteiger partial charge on any atom is 0.250 e. The number of carbonyl (C=O) groups is 1. The minimum atomic E-state index is -0.465. The van der Waals surface area contributed by atoms with Crippen molar-refractivity contribution in [3.63, 3.8) is 0 Å². The van der Waals surface area contributed by atoms with Gasteiger partial charge in [0.15, 0.2) is 0 Å². The number of nitrogen functional groups attached to an aromatic ring is 1. The van der Waals surface area contributed by atoms with Crippen LogP contribution in [0, 0.1) is 11.8 Å². The number of hydrogen-bond donors (Lipinski definition) is 2. The molecule has 1 amide bonds. The fraction of sp³-hybridized carbons (Fsp3) is 0.500. The first-order valence-electron chi connectivity index (χ1n) is 6.41. The molecular formula is C14H21N3O. The molecule has 0 aromatic heterocycles. The maximum atomic E-state index is 11.3. The van der Waals surface area contributed by atoms with Crippen LogP contribution in [0.2, 0.25) is 0 Å². The van der Waals surface area contributed by atoms with E-state index < -0.39 is 5.91 Å². The molecule has 1 aromatic carbocycles. The Morgan fingerprint density at radius 2 is 1.89 bits per heavy atom. The van der Waals surface area contributed by atoms with Gasteiger partial charge in [0.2, 0.25) is 0 Å². The van der Waals surface area contributed by atoms with E-state index in [2.05, 4.69) is 18.7 Å². The van der Waals surface area contributed by atoms with Crippen LogP contribution in [0.4, 0.5) is 11.4 Å². The number of carbonyl (C=O) groups excluding carboxylic acids is 1. The third kappa shape index (κ3) is 2.58. The molecule has 0 spiro atoms. The lowest BCUT2D eigenvalue weighted by Crippen LogP contribution is -2.38. The van der Waals surface area contributed by atoms with E-state index in [-0.39, 0.29) is 0 Å². The highest BCUT2D eigenvalue weighted by Gasteiger charge is 2.22. The molecule has 4 N–H and O–H groups in total. The molecule has 1 aliphatic rings. The summed E-state index contributed by atoms with van der Waals surface area (Å²) in [7, 11) is 0. The Labute approximate surface area is 108 Å². The second-order valence-corrected chi connectivity index (χ2v) is 5.49. The molecule has 1 fully saturated rings. The summed E-state index contributed by atoms with van der Waals surface area (Å²) >= 11 is 0. The second kappa shape index (κ2) is 4.88. The first-order valence-corrected chi connectivity index (χ1v) is 6.41. The normalized spacial score (nSPS) is 24.0. The molecule has 4 heteroatoms. The van der Waals surface area contributed by atoms with E-state index in [1.165, 1.54) is 6.42 Å². The van der Waals surface area contributed by atoms with Gasteiger partial charge in [-0.1, -0.05) is 13.8 Å². The van der Waals surface area contributed by atoms with Gasteiger partial charge in [-0.2, -0.15) is 0 Å². The Morgan fingerprint density at radius 1 is 1.28 bits per heavy atom. The van der Waals surface area contributed by atoms with Crippen molar-refractivity contribution >= 4 is 17.3 Å². The summed E-state index contributed by atoms with van der Waals surface area (Å²) < 4.78 is 0. The molecule has 0 bridgehead atoms. The molecule has 1 heterocycles. The van der Waals surface area contributed by atoms with Crippen LogP contribution < -0.4 is 16.4 Å². The summed E-state index contributed by atoms with van der Waals surface area (Å²) in [4.78, 5) is 13.6. The molecule has 1 aliphatic heterocycles. The van der Waals surface area contributed by atoms with Crippen LogP contribution >= 0.6 is 0 Å². The molecule has 0 aliphatic carbocycles. The Morgan fingerprint density at radius 3 is 2.44 bits per heavy atom. The quantitative estimate of drug-likeness (QED) is 0.783. The van der Waals surface area contributed by atoms with Gasteiger partial charge in [-0.3, -0.25) is 4.79 Å². The zero-order valence-electron chi connectivity index (χ0n) is 11.0. The van der Waals surface area contributed by atoms with Crippen molar-refractivity contribution in [1.82, 2.24) is 0 Å². The lowest BCUT2D eigenvalue weighted by molar-refractivity contribution is 0.100. The van der Waals surface area contributed by atoms with Crippen molar-refractivity contribution in [2.75, 3.05) is 23.7 Å². The molecule has 1 saturated heterocycles. The van der Waals surface area contributed by atoms with Crippen molar-refractivity contribution in [3.8, 4) is 0 Å². The first kappa shape index (κ1) is 12.7. The number of anilines is 2. The predicted octanol–water partition coefficient (Wildman–Crippen LogP) is 1.85. The van der Waals surface area contributed by atoms with Gasteiger partial charge in [-0.25, -0.2) is 0 Å². The molecule has 1 aromatic rings. The van der Waals surface area contributed by atoms with Crippen LogP contribution in [0.5, 0.6) is 0 Å². The first-order chi connectivity index (χ1) is 8.47. The lowest BCUT2D eigenvalue weighted by Gasteiger charge is -2.36. The van der Waals surface area contributed by atoms with Gasteiger partial charge in [0.1, 0.15) is 0 Å². The summed E-state index contributed by atoms with van der Waals surface area (Å²) in [6.45, 7) is 6.56. The minimum absolute atomic E-state index is 0.415. The van der Waals surface area contributed by atoms with Gasteiger partial charge in [0.25, 0.3) is 5.91 Å². The van der Waals surface area contributed by atoms with Crippen LogP contribution in [0.15, 0.2) is 18.2 Å². The Bertz CT molecular complexity index is 448. The Balaban J connectivity index is 2.28. The lowest BCUT2D eigenvalue weighted by atomic mass is 9.91. The van der Waals surface area contributed by atoms with E-state index >= 15 is 0 Å². The van der Waals surface area contributed by atoms with E-state index in [9.17, 15) is 4.79 Å². The molecule has 4 nitrogen and oxygen atoms in total. The standard InChI is InChI=1S/C14H21N3O/c1-9-5-10(2)8-17(7-9)11-3-4-13(15)12(6-11)14(16)18/h3-4,6,9-10H,5,7-8,15H2,1-2H3,(H2,16,18). The number of nitrogens with two attached hydrogens (primary N) is 2. The highest BCUT2D eigenvalue weighted by Crippen LogP contribution is 2.28. The molecule has 2 unspecified atom stereocenters. The van der Waals surface area contributed by atoms with Gasteiger partial charge in [0.05, 0.1) is 5.56 Å². The zero-order valence-corrected chi connectivity index (χ0v) is 11.0. The van der Waals surface area contributed by atoms with Crippen LogP contribution in [0.1, 0.15) is 30.6 Å². The highest BCUT2D eigenvalue weighted by atomic mass is 16.1. The van der Waals surface area contributed by atoms with Crippen molar-refractivity contribution in [3.05, 3.63) is 23.8 Å². The largest absolute Gasteiger partial charge is 0.398 e. The average molecular weight is 247 g/mol. The highest BCUT2D eigenvalue weighted by molar-refractivity contribution is 5.99. The van der Waals surface area contributed by atoms with Crippen molar-refractivity contribution in [1.29, 1.82) is 0 Å². The van der Waals surface area contributed by atoms with E-state index in [1.54, 1.807) is 6.07 Å². The second-order valence-electron chi connectivity index (χ2n) is 5.49. The number of hydrogen-bond acceptors (Lipinski definition) is 3. The number of primary amides is 1. The van der Waals surface area contributed by atoms with Crippen LogP contribution in [-0.2, 0) is 0 Å². The van der Waals surface area contributed by atoms with E-state index in [4.69, 9.17) is 11.5 Å². The summed E-state index contributed by atoms with van der Waals surface area (Å²) in [6.07, 6.45) is 1.26. The monoisotopic (exact) mass is 247 g/mol. The fourth-order valence-electron chi connectivity index (χ4n) is 2.83. The molecule has 98 valence electrons. The van der Waals surface area contributed by atoms with Crippen LogP contribution in [-0.4, -0.2) is 19.0 Å². The molecule has 2 atom stereocenters. The average Bonchev–Trinajstić information content (AvgIpc) is 2.27. The Kier molecular flexibility index (Phi) is 3.45. The smallest absolute Gasteiger partial charge is 0.250 e. The van der Waals surface area contributed by atoms with Crippen molar-refractivity contribution in [2.45, 2.75) is 20.3 Å². The SMILES string of the molecule is CC1CC(C)CN(c2ccc(N)c(C(N)=O)c2)C1. The molecule has 18 heavy (non-hydrogen) atoms. The van der Waals surface area contributed by atoms with Gasteiger partial charge < -0.3 is 16.4 Å². The van der Waals surface area contributed by atoms with Gasteiger partial charge in [-0.15, -0.1) is 0 Å². The van der Waals surface area contributed by atoms with E-state index in [0.717, 1.165) is 18.8 Å². The minimum Gasteiger partial charge on any atom is -0.398 e. The number of piperidine rings is 1. The number of nitrogens with zero attached hydrogens (tertiary/aromatic N) is 1. The summed E-state index contributed by atoms with van der Waals surface area (Å²) in [5, 5.41) is 0. The van der Waals surface area contributed by atoms with Gasteiger partial charge >= 0.3 is 0 Å². The number of rotatable bonds is 2. The topological polar surface area (TPSA) is 72.3 Å². The zero-order chi connectivity index (χ0) is 13.3. The molecule has 2 rings (SSSR count). The van der Waals surface area contributed by atoms with Gasteiger partial charge in [0, 0.05) is 24.5 Å². The molecular weight excluding hydrogens is 226 g/mol. The molecule has 0 saturated carbocycles. The third-order valence-electron chi connectivity index (χ3n) is 3.54. The summed E-state index contributed by atoms with van der Waals surface area (Å²) in [5.74, 6) is 0.874. The van der Waals surface area contributed by atoms with Crippen molar-refractivity contribution < 1.29 is 4.79 Å². The van der Waals surface area contributed by atoms with Gasteiger partial charge in [-0.05, 0) is 36.5 Å². The number of amides is 1. The van der Waals surface area contributed by atoms with Crippen LogP contribution in [0.3, 0.4) is 0 Å². The predicted molar refractivity (Wildman–Crippen MR) is 74.5 cm³/mol. The maximum absolute atomic E-state index is 11.3. The number of benzene rings is 1. The third-order valence-corrected chi connectivity index (χ3v) is 3.54.